The molecule has 0 saturated heterocycles. The van der Waals surface area contributed by atoms with E-state index in [1.54, 1.807) is 68.8 Å². The van der Waals surface area contributed by atoms with E-state index in [-0.39, 0.29) is 161 Å². The molecule has 0 aliphatic heterocycles. The SMILES string of the molecule is C[N-]/C(=C(\C(=N)OC)c1ncc(C)c(OC(C)c2ccc(-c3ncc(C(F)(F)F)[nH]3)cc2)n1)C1CC1.C[N-]/C(=C(\C(=N)OC)c1ncc(Cl)c(OCc2ccc(-c3ncc(C(F)(F)F)[nH]3)cc2)n1)C1CC1.[K+].[K+]. The first-order chi connectivity index (χ1) is 33.8. The number of nitrogens with one attached hydrogen (secondary N) is 4. The van der Waals surface area contributed by atoms with Gasteiger partial charge < -0.3 is 39.5 Å². The second-order valence-corrected chi connectivity index (χ2v) is 16.7. The van der Waals surface area contributed by atoms with Crippen molar-refractivity contribution in [3.8, 4) is 34.5 Å². The molecule has 0 bridgehead atoms. The van der Waals surface area contributed by atoms with Gasteiger partial charge in [-0.15, -0.1) is 25.5 Å². The molecule has 374 valence electrons. The minimum Gasteiger partial charge on any atom is -0.689 e. The Morgan fingerprint density at radius 2 is 1.12 bits per heavy atom. The maximum absolute atomic E-state index is 12.9. The first kappa shape index (κ1) is 59.7. The summed E-state index contributed by atoms with van der Waals surface area (Å²) in [7, 11) is 6.15. The van der Waals surface area contributed by atoms with Gasteiger partial charge in [0, 0.05) is 22.9 Å². The van der Waals surface area contributed by atoms with Gasteiger partial charge in [0.05, 0.1) is 44.0 Å². The molecule has 0 spiro atoms. The quantitative estimate of drug-likeness (QED) is 0.0386. The fraction of sp³-hybridized carbons (Fsp3) is 0.333. The molecule has 2 aliphatic carbocycles. The van der Waals surface area contributed by atoms with Crippen LogP contribution in [0.4, 0.5) is 26.3 Å². The van der Waals surface area contributed by atoms with Crippen LogP contribution in [-0.4, -0.2) is 80.0 Å². The number of aryl methyl sites for hydroxylation is 1. The van der Waals surface area contributed by atoms with E-state index in [1.165, 1.54) is 20.4 Å². The minimum atomic E-state index is -4.49. The Bertz CT molecular complexity index is 2940. The van der Waals surface area contributed by atoms with E-state index in [0.29, 0.717) is 45.2 Å². The summed E-state index contributed by atoms with van der Waals surface area (Å²) in [6.45, 7) is 3.76. The zero-order chi connectivity index (χ0) is 51.2. The number of aromatic nitrogens is 8. The number of hydrogen-bond donors (Lipinski definition) is 4. The number of benzene rings is 2. The number of alkyl halides is 6. The van der Waals surface area contributed by atoms with Crippen molar-refractivity contribution < 1.29 is 148 Å². The maximum Gasteiger partial charge on any atom is 1.00 e. The monoisotopic (exact) mass is 1080 g/mol. The number of rotatable bonds is 16. The number of aromatic amines is 2. The van der Waals surface area contributed by atoms with Crippen molar-refractivity contribution in [2.75, 3.05) is 28.3 Å². The molecule has 8 rings (SSSR count). The summed E-state index contributed by atoms with van der Waals surface area (Å²) in [5, 5.41) is 25.4. The van der Waals surface area contributed by atoms with Gasteiger partial charge in [0.1, 0.15) is 40.8 Å². The zero-order valence-corrected chi connectivity index (χ0v) is 48.1. The predicted octanol–water partition coefficient (Wildman–Crippen LogP) is 5.96. The summed E-state index contributed by atoms with van der Waals surface area (Å²) < 4.78 is 99.2. The molecule has 2 fully saturated rings. The van der Waals surface area contributed by atoms with E-state index in [4.69, 9.17) is 41.4 Å². The van der Waals surface area contributed by atoms with Crippen molar-refractivity contribution in [2.45, 2.75) is 64.6 Å². The summed E-state index contributed by atoms with van der Waals surface area (Å²) in [5.74, 6) is 1.56. The molecule has 16 nitrogen and oxygen atoms in total. The van der Waals surface area contributed by atoms with Gasteiger partial charge in [-0.1, -0.05) is 60.1 Å². The number of nitrogens with zero attached hydrogens (tertiary/aromatic N) is 8. The molecule has 4 heterocycles. The van der Waals surface area contributed by atoms with Crippen molar-refractivity contribution in [2.24, 2.45) is 11.8 Å². The molecule has 2 aromatic carbocycles. The summed E-state index contributed by atoms with van der Waals surface area (Å²) in [6.07, 6.45) is -0.923. The van der Waals surface area contributed by atoms with Gasteiger partial charge in [-0.3, -0.25) is 10.8 Å². The maximum atomic E-state index is 12.9. The molecule has 4 N–H and O–H groups in total. The van der Waals surface area contributed by atoms with Crippen molar-refractivity contribution in [3.63, 3.8) is 0 Å². The smallest absolute Gasteiger partial charge is 0.689 e. The molecule has 1 atom stereocenters. The Hall–Kier alpha value is -4.22. The van der Waals surface area contributed by atoms with Crippen LogP contribution in [-0.2, 0) is 28.4 Å². The van der Waals surface area contributed by atoms with E-state index < -0.39 is 29.8 Å². The average Bonchev–Trinajstić information content (AvgIpc) is 4.27. The van der Waals surface area contributed by atoms with Crippen LogP contribution >= 0.6 is 11.6 Å². The van der Waals surface area contributed by atoms with Crippen LogP contribution in [0.5, 0.6) is 11.8 Å². The molecule has 2 saturated carbocycles. The van der Waals surface area contributed by atoms with Crippen molar-refractivity contribution in [3.05, 3.63) is 140 Å². The molecule has 73 heavy (non-hydrogen) atoms. The first-order valence-corrected chi connectivity index (χ1v) is 22.2. The van der Waals surface area contributed by atoms with Crippen LogP contribution in [0.25, 0.3) is 44.6 Å². The Morgan fingerprint density at radius 3 is 1.53 bits per heavy atom. The Morgan fingerprint density at radius 1 is 0.685 bits per heavy atom. The van der Waals surface area contributed by atoms with E-state index >= 15 is 0 Å². The van der Waals surface area contributed by atoms with E-state index in [1.807, 2.05) is 13.8 Å². The number of imidazole rings is 2. The van der Waals surface area contributed by atoms with Gasteiger partial charge >= 0.3 is 115 Å². The largest absolute Gasteiger partial charge is 1.00 e. The van der Waals surface area contributed by atoms with E-state index in [2.05, 4.69) is 50.5 Å². The van der Waals surface area contributed by atoms with Gasteiger partial charge in [0.2, 0.25) is 23.6 Å². The van der Waals surface area contributed by atoms with Crippen LogP contribution in [0.15, 0.2) is 84.7 Å². The molecule has 0 radical (unpaired) electrons. The molecule has 1 unspecified atom stereocenters. The fourth-order valence-corrected chi connectivity index (χ4v) is 7.25. The normalized spacial score (nSPS) is 14.4. The van der Waals surface area contributed by atoms with Gasteiger partial charge in [-0.05, 0) is 62.5 Å². The summed E-state index contributed by atoms with van der Waals surface area (Å²) >= 11 is 6.23. The Kier molecular flexibility index (Phi) is 21.3. The van der Waals surface area contributed by atoms with Crippen molar-refractivity contribution >= 4 is 34.5 Å². The third-order valence-electron chi connectivity index (χ3n) is 11.2. The molecule has 0 amide bonds. The average molecular weight is 1080 g/mol. The fourth-order valence-electron chi connectivity index (χ4n) is 7.10. The third-order valence-corrected chi connectivity index (χ3v) is 11.4. The molecule has 25 heteroatoms. The Labute approximate surface area is 506 Å². The molecule has 4 aromatic heterocycles. The molecule has 2 aliphatic rings. The van der Waals surface area contributed by atoms with Gasteiger partial charge in [0.15, 0.2) is 11.6 Å². The summed E-state index contributed by atoms with van der Waals surface area (Å²) in [6, 6.07) is 13.6. The zero-order valence-electron chi connectivity index (χ0n) is 41.1. The topological polar surface area (TPSA) is 222 Å². The summed E-state index contributed by atoms with van der Waals surface area (Å²) in [4.78, 5) is 29.8. The number of H-pyrrole nitrogens is 2. The first-order valence-electron chi connectivity index (χ1n) is 21.9. The summed E-state index contributed by atoms with van der Waals surface area (Å²) in [5.41, 5.74) is 3.72. The van der Waals surface area contributed by atoms with Crippen LogP contribution in [0.2, 0.25) is 5.02 Å². The van der Waals surface area contributed by atoms with E-state index in [0.717, 1.165) is 54.9 Å². The minimum absolute atomic E-state index is 0. The van der Waals surface area contributed by atoms with Crippen molar-refractivity contribution in [1.29, 1.82) is 10.8 Å². The standard InChI is InChI=1S/C25H26F3N6O2.C23H21ClF3N6O2.2K/c1-13-11-31-23(19(21(29)35-4)20(30-3)16-7-8-16)34-24(13)36-14(2)15-5-9-17(10-6-15)22-32-12-18(33-22)25(26,27)28;1-29-18(13-7-8-13)17(19(28)34-2)21-30-9-15(24)22(33-21)35-11-12-3-5-14(6-4-12)20-31-10-16(32-20)23(25,26)27;;/h5-6,9-12,14,16,29H,7-8H2,1-4H3,(H,32,33);3-6,9-10,13,28H,7-8,11H2,1-2H3,(H,31,32);;/q2*-1;2*+1/b20-19+,29-21?;18-17+,28-19?;;. The van der Waals surface area contributed by atoms with E-state index in [9.17, 15) is 26.3 Å². The van der Waals surface area contributed by atoms with Crippen LogP contribution < -0.4 is 112 Å². The van der Waals surface area contributed by atoms with Gasteiger partial charge in [0.25, 0.3) is 0 Å². The second kappa shape index (κ2) is 26.0. The number of methoxy groups -OCH3 is 2. The predicted molar refractivity (Wildman–Crippen MR) is 253 cm³/mol. The van der Waals surface area contributed by atoms with Crippen LogP contribution in [0.1, 0.15) is 78.4 Å². The van der Waals surface area contributed by atoms with Crippen LogP contribution in [0.3, 0.4) is 0 Å². The van der Waals surface area contributed by atoms with Gasteiger partial charge in [-0.2, -0.15) is 36.3 Å². The van der Waals surface area contributed by atoms with Crippen LogP contribution in [0, 0.1) is 29.6 Å². The molecular formula is C48H47ClF6K2N12O4. The van der Waals surface area contributed by atoms with Gasteiger partial charge in [-0.25, -0.2) is 19.9 Å². The third kappa shape index (κ3) is 15.2. The number of hydrogen-bond acceptors (Lipinski definition) is 12. The number of halogens is 7. The Balaban J connectivity index is 0.000000264. The van der Waals surface area contributed by atoms with Crippen molar-refractivity contribution in [1.82, 2.24) is 39.9 Å². The number of allylic oxidation sites excluding steroid dienone is 2. The molecular weight excluding hydrogens is 1040 g/mol. The molecule has 6 aromatic rings. The second-order valence-electron chi connectivity index (χ2n) is 16.3. The number of ether oxygens (including phenoxy) is 4.